The molecule has 1 aromatic heterocycles. The number of hydrogen-bond donors (Lipinski definition) is 2. The van der Waals surface area contributed by atoms with Crippen LogP contribution in [0.15, 0.2) is 21.8 Å². The Bertz CT molecular complexity index is 514. The van der Waals surface area contributed by atoms with E-state index in [0.29, 0.717) is 12.0 Å². The largest absolute Gasteiger partial charge is 0.356 e. The van der Waals surface area contributed by atoms with Crippen LogP contribution < -0.4 is 10.6 Å². The Morgan fingerprint density at radius 1 is 1.24 bits per heavy atom. The number of aliphatic imine (C=N–C) groups is 1. The van der Waals surface area contributed by atoms with Gasteiger partial charge < -0.3 is 15.5 Å². The van der Waals surface area contributed by atoms with Crippen LogP contribution in [-0.2, 0) is 0 Å². The van der Waals surface area contributed by atoms with Gasteiger partial charge in [-0.3, -0.25) is 4.99 Å². The van der Waals surface area contributed by atoms with Gasteiger partial charge in [0, 0.05) is 38.8 Å². The number of nitrogens with one attached hydrogen (secondary N) is 2. The van der Waals surface area contributed by atoms with Crippen LogP contribution in [0.4, 0.5) is 0 Å². The van der Waals surface area contributed by atoms with Crippen molar-refractivity contribution < 1.29 is 0 Å². The van der Waals surface area contributed by atoms with Gasteiger partial charge >= 0.3 is 0 Å². The Morgan fingerprint density at radius 2 is 2.00 bits per heavy atom. The average Bonchev–Trinajstić information content (AvgIpc) is 3.21. The number of nitrogens with zero attached hydrogens (tertiary/aromatic N) is 2. The molecule has 0 radical (unpaired) electrons. The minimum Gasteiger partial charge on any atom is -0.356 e. The highest BCUT2D eigenvalue weighted by molar-refractivity contribution is 7.07. The van der Waals surface area contributed by atoms with E-state index in [2.05, 4.69) is 44.3 Å². The van der Waals surface area contributed by atoms with E-state index >= 15 is 0 Å². The first-order valence-corrected chi connectivity index (χ1v) is 10.9. The summed E-state index contributed by atoms with van der Waals surface area (Å²) in [5.74, 6) is 1.47. The van der Waals surface area contributed by atoms with Crippen molar-refractivity contribution in [3.63, 3.8) is 0 Å². The number of rotatable bonds is 5. The average molecular weight is 363 g/mol. The monoisotopic (exact) mass is 362 g/mol. The predicted octanol–water partition coefficient (Wildman–Crippen LogP) is 3.81. The molecular weight excluding hydrogens is 328 g/mol. The molecule has 25 heavy (non-hydrogen) atoms. The maximum Gasteiger partial charge on any atom is 0.191 e. The second kappa shape index (κ2) is 9.58. The van der Waals surface area contributed by atoms with Gasteiger partial charge in [0.15, 0.2) is 5.96 Å². The first kappa shape index (κ1) is 18.7. The zero-order valence-electron chi connectivity index (χ0n) is 15.8. The lowest BCUT2D eigenvalue weighted by Crippen LogP contribution is -2.51. The number of hydrogen-bond acceptors (Lipinski definition) is 3. The minimum atomic E-state index is 0.512. The third-order valence-corrected chi connectivity index (χ3v) is 6.57. The lowest BCUT2D eigenvalue weighted by molar-refractivity contribution is 0.119. The van der Waals surface area contributed by atoms with E-state index in [0.717, 1.165) is 18.5 Å². The molecule has 0 aromatic carbocycles. The van der Waals surface area contributed by atoms with Crippen LogP contribution in [0.25, 0.3) is 0 Å². The summed E-state index contributed by atoms with van der Waals surface area (Å²) in [5, 5.41) is 11.5. The molecule has 0 amide bonds. The maximum absolute atomic E-state index is 4.43. The summed E-state index contributed by atoms with van der Waals surface area (Å²) in [4.78, 5) is 7.17. The van der Waals surface area contributed by atoms with Crippen molar-refractivity contribution in [3.8, 4) is 0 Å². The molecule has 1 aromatic rings. The number of piperidine rings is 1. The third kappa shape index (κ3) is 5.45. The molecule has 0 spiro atoms. The normalized spacial score (nSPS) is 22.7. The second-order valence-electron chi connectivity index (χ2n) is 7.66. The maximum atomic E-state index is 4.43. The topological polar surface area (TPSA) is 39.7 Å². The van der Waals surface area contributed by atoms with E-state index in [-0.39, 0.29) is 0 Å². The van der Waals surface area contributed by atoms with Crippen molar-refractivity contribution in [2.45, 2.75) is 69.9 Å². The molecule has 2 heterocycles. The summed E-state index contributed by atoms with van der Waals surface area (Å²) in [6.45, 7) is 5.68. The fraction of sp³-hybridized carbons (Fsp3) is 0.750. The second-order valence-corrected chi connectivity index (χ2v) is 8.44. The van der Waals surface area contributed by atoms with Crippen LogP contribution in [0.2, 0.25) is 0 Å². The zero-order valence-corrected chi connectivity index (χ0v) is 16.7. The summed E-state index contributed by atoms with van der Waals surface area (Å²) in [7, 11) is 1.88. The molecule has 1 saturated heterocycles. The first-order chi connectivity index (χ1) is 12.3. The Hall–Kier alpha value is -1.07. The molecule has 2 aliphatic rings. The fourth-order valence-corrected chi connectivity index (χ4v) is 4.95. The standard InChI is InChI=1S/C20H34N4S/c1-16(17-10-13-25-15-17)14-22-20(21-2)23-18-8-11-24(12-9-18)19-6-4-3-5-7-19/h10,13,15-16,18-19H,3-9,11-12,14H2,1-2H3,(H2,21,22,23). The summed E-state index contributed by atoms with van der Waals surface area (Å²) >= 11 is 1.77. The van der Waals surface area contributed by atoms with E-state index < -0.39 is 0 Å². The van der Waals surface area contributed by atoms with E-state index in [1.807, 2.05) is 7.05 Å². The van der Waals surface area contributed by atoms with Crippen LogP contribution in [-0.4, -0.2) is 49.6 Å². The van der Waals surface area contributed by atoms with Gasteiger partial charge in [0.25, 0.3) is 0 Å². The molecule has 1 saturated carbocycles. The molecule has 2 fully saturated rings. The molecule has 1 unspecified atom stereocenters. The van der Waals surface area contributed by atoms with Crippen molar-refractivity contribution in [2.24, 2.45) is 4.99 Å². The lowest BCUT2D eigenvalue weighted by Gasteiger charge is -2.39. The number of likely N-dealkylation sites (tertiary alicyclic amines) is 1. The van der Waals surface area contributed by atoms with Crippen LogP contribution in [0.3, 0.4) is 0 Å². The first-order valence-electron chi connectivity index (χ1n) is 9.99. The minimum absolute atomic E-state index is 0.512. The molecule has 0 bridgehead atoms. The van der Waals surface area contributed by atoms with Gasteiger partial charge in [-0.05, 0) is 54.0 Å². The molecule has 3 rings (SSSR count). The summed E-state index contributed by atoms with van der Waals surface area (Å²) in [6, 6.07) is 3.63. The van der Waals surface area contributed by atoms with Crippen molar-refractivity contribution in [1.29, 1.82) is 0 Å². The molecule has 4 nitrogen and oxygen atoms in total. The SMILES string of the molecule is CN=C(NCC(C)c1ccsc1)NC1CCN(C2CCCCC2)CC1. The van der Waals surface area contributed by atoms with Crippen molar-refractivity contribution >= 4 is 17.3 Å². The lowest BCUT2D eigenvalue weighted by atomic mass is 9.92. The Labute approximate surface area is 157 Å². The van der Waals surface area contributed by atoms with Gasteiger partial charge in [0.2, 0.25) is 0 Å². The van der Waals surface area contributed by atoms with Gasteiger partial charge in [-0.15, -0.1) is 0 Å². The van der Waals surface area contributed by atoms with Crippen LogP contribution in [0.5, 0.6) is 0 Å². The fourth-order valence-electron chi connectivity index (χ4n) is 4.17. The quantitative estimate of drug-likeness (QED) is 0.618. The summed E-state index contributed by atoms with van der Waals surface area (Å²) < 4.78 is 0. The molecular formula is C20H34N4S. The smallest absolute Gasteiger partial charge is 0.191 e. The molecule has 1 aliphatic carbocycles. The van der Waals surface area contributed by atoms with Crippen molar-refractivity contribution in [3.05, 3.63) is 22.4 Å². The van der Waals surface area contributed by atoms with E-state index in [1.54, 1.807) is 11.3 Å². The predicted molar refractivity (Wildman–Crippen MR) is 109 cm³/mol. The van der Waals surface area contributed by atoms with Gasteiger partial charge in [-0.25, -0.2) is 0 Å². The molecule has 5 heteroatoms. The van der Waals surface area contributed by atoms with Crippen LogP contribution in [0.1, 0.15) is 63.4 Å². The van der Waals surface area contributed by atoms with Crippen molar-refractivity contribution in [2.75, 3.05) is 26.7 Å². The zero-order chi connectivity index (χ0) is 17.5. The van der Waals surface area contributed by atoms with Gasteiger partial charge in [0.05, 0.1) is 0 Å². The number of thiophene rings is 1. The molecule has 2 N–H and O–H groups in total. The summed E-state index contributed by atoms with van der Waals surface area (Å²) in [5.41, 5.74) is 1.41. The van der Waals surface area contributed by atoms with Crippen LogP contribution in [0, 0.1) is 0 Å². The van der Waals surface area contributed by atoms with Gasteiger partial charge in [-0.1, -0.05) is 26.2 Å². The summed E-state index contributed by atoms with van der Waals surface area (Å²) in [6.07, 6.45) is 9.61. The highest BCUT2D eigenvalue weighted by Gasteiger charge is 2.26. The van der Waals surface area contributed by atoms with Gasteiger partial charge in [0.1, 0.15) is 0 Å². The third-order valence-electron chi connectivity index (χ3n) is 5.87. The Morgan fingerprint density at radius 3 is 2.64 bits per heavy atom. The highest BCUT2D eigenvalue weighted by Crippen LogP contribution is 2.25. The van der Waals surface area contributed by atoms with E-state index in [9.17, 15) is 0 Å². The highest BCUT2D eigenvalue weighted by atomic mass is 32.1. The Kier molecular flexibility index (Phi) is 7.17. The van der Waals surface area contributed by atoms with E-state index in [1.165, 1.54) is 63.6 Å². The molecule has 140 valence electrons. The Balaban J connectivity index is 1.39. The molecule has 1 atom stereocenters. The van der Waals surface area contributed by atoms with Crippen molar-refractivity contribution in [1.82, 2.24) is 15.5 Å². The van der Waals surface area contributed by atoms with E-state index in [4.69, 9.17) is 0 Å². The van der Waals surface area contributed by atoms with Crippen LogP contribution >= 0.6 is 11.3 Å². The number of guanidine groups is 1. The van der Waals surface area contributed by atoms with Gasteiger partial charge in [-0.2, -0.15) is 11.3 Å². The molecule has 1 aliphatic heterocycles.